The molecule has 8 nitrogen and oxygen atoms in total. The van der Waals surface area contributed by atoms with E-state index in [0.717, 1.165) is 32.1 Å². The molecule has 0 atom stereocenters. The lowest BCUT2D eigenvalue weighted by atomic mass is 10.0. The molecule has 188 valence electrons. The molecule has 1 saturated heterocycles. The van der Waals surface area contributed by atoms with E-state index in [1.54, 1.807) is 24.3 Å². The molecular formula is C26H26ClFN4O4. The van der Waals surface area contributed by atoms with Gasteiger partial charge in [0.1, 0.15) is 5.82 Å². The SMILES string of the molecule is O=C(Cc1ccc(NC(=O)c2ocnc2C(=O)NCCN2CCCCC2)cc1)c1ccc(F)cc1Cl. The molecule has 0 unspecified atom stereocenters. The van der Waals surface area contributed by atoms with Crippen molar-refractivity contribution in [2.75, 3.05) is 31.5 Å². The van der Waals surface area contributed by atoms with Crippen LogP contribution in [0.1, 0.15) is 56.2 Å². The van der Waals surface area contributed by atoms with Gasteiger partial charge in [-0.25, -0.2) is 9.37 Å². The molecule has 2 N–H and O–H groups in total. The van der Waals surface area contributed by atoms with E-state index in [2.05, 4.69) is 20.5 Å². The number of carbonyl (C=O) groups excluding carboxylic acids is 3. The van der Waals surface area contributed by atoms with Crippen molar-refractivity contribution in [3.05, 3.63) is 82.3 Å². The van der Waals surface area contributed by atoms with Crippen LogP contribution in [-0.4, -0.2) is 53.7 Å². The summed E-state index contributed by atoms with van der Waals surface area (Å²) in [5.41, 5.74) is 1.29. The molecule has 4 rings (SSSR count). The monoisotopic (exact) mass is 512 g/mol. The van der Waals surface area contributed by atoms with Gasteiger partial charge >= 0.3 is 0 Å². The normalized spacial score (nSPS) is 13.8. The van der Waals surface area contributed by atoms with Crippen molar-refractivity contribution in [3.63, 3.8) is 0 Å². The Morgan fingerprint density at radius 1 is 1.03 bits per heavy atom. The van der Waals surface area contributed by atoms with Crippen LogP contribution >= 0.6 is 11.6 Å². The molecule has 1 aromatic heterocycles. The zero-order valence-corrected chi connectivity index (χ0v) is 20.3. The highest BCUT2D eigenvalue weighted by molar-refractivity contribution is 6.34. The Bertz CT molecular complexity index is 1240. The predicted molar refractivity (Wildman–Crippen MR) is 133 cm³/mol. The van der Waals surface area contributed by atoms with Crippen LogP contribution < -0.4 is 10.6 Å². The van der Waals surface area contributed by atoms with Gasteiger partial charge < -0.3 is 20.0 Å². The zero-order valence-electron chi connectivity index (χ0n) is 19.6. The first-order valence-corrected chi connectivity index (χ1v) is 12.1. The molecule has 1 aliphatic rings. The lowest BCUT2D eigenvalue weighted by molar-refractivity contribution is 0.0922. The fourth-order valence-corrected chi connectivity index (χ4v) is 4.33. The molecule has 1 aliphatic heterocycles. The lowest BCUT2D eigenvalue weighted by Gasteiger charge is -2.26. The standard InChI is InChI=1S/C26H26ClFN4O4/c27-21-15-18(28)6-9-20(21)22(33)14-17-4-7-19(8-5-17)31-26(35)24-23(30-16-36-24)25(34)29-10-13-32-11-2-1-3-12-32/h4-9,15-16H,1-3,10-14H2,(H,29,34)(H,31,35). The number of hydrogen-bond acceptors (Lipinski definition) is 6. The number of amides is 2. The molecule has 0 aliphatic carbocycles. The number of benzene rings is 2. The maximum Gasteiger partial charge on any atom is 0.293 e. The maximum absolute atomic E-state index is 13.2. The number of carbonyl (C=O) groups is 3. The summed E-state index contributed by atoms with van der Waals surface area (Å²) in [5, 5.41) is 5.52. The summed E-state index contributed by atoms with van der Waals surface area (Å²) in [6, 6.07) is 10.3. The number of nitrogens with zero attached hydrogens (tertiary/aromatic N) is 2. The van der Waals surface area contributed by atoms with Crippen molar-refractivity contribution in [2.24, 2.45) is 0 Å². The maximum atomic E-state index is 13.2. The van der Waals surface area contributed by atoms with Crippen LogP contribution in [0, 0.1) is 5.82 Å². The highest BCUT2D eigenvalue weighted by Gasteiger charge is 2.23. The minimum atomic E-state index is -0.615. The predicted octanol–water partition coefficient (Wildman–Crippen LogP) is 4.36. The molecular weight excluding hydrogens is 487 g/mol. The number of aromatic nitrogens is 1. The van der Waals surface area contributed by atoms with Crippen LogP contribution in [0.4, 0.5) is 10.1 Å². The molecule has 2 heterocycles. The summed E-state index contributed by atoms with van der Waals surface area (Å²) in [6.45, 7) is 3.25. The summed E-state index contributed by atoms with van der Waals surface area (Å²) < 4.78 is 18.4. The van der Waals surface area contributed by atoms with Crippen LogP contribution in [-0.2, 0) is 6.42 Å². The minimum absolute atomic E-state index is 0.0577. The van der Waals surface area contributed by atoms with Crippen LogP contribution in [0.15, 0.2) is 53.3 Å². The van der Waals surface area contributed by atoms with Crippen LogP contribution in [0.2, 0.25) is 5.02 Å². The number of rotatable bonds is 9. The van der Waals surface area contributed by atoms with Crippen LogP contribution in [0.5, 0.6) is 0 Å². The third-order valence-electron chi connectivity index (χ3n) is 5.96. The molecule has 36 heavy (non-hydrogen) atoms. The quantitative estimate of drug-likeness (QED) is 0.413. The zero-order chi connectivity index (χ0) is 25.5. The van der Waals surface area contributed by atoms with Gasteiger partial charge in [0, 0.05) is 30.8 Å². The van der Waals surface area contributed by atoms with E-state index in [-0.39, 0.29) is 34.2 Å². The van der Waals surface area contributed by atoms with E-state index >= 15 is 0 Å². The second kappa shape index (κ2) is 11.9. The highest BCUT2D eigenvalue weighted by atomic mass is 35.5. The van der Waals surface area contributed by atoms with Gasteiger partial charge in [0.05, 0.1) is 5.02 Å². The molecule has 10 heteroatoms. The van der Waals surface area contributed by atoms with Crippen LogP contribution in [0.25, 0.3) is 0 Å². The number of ketones is 1. The molecule has 0 bridgehead atoms. The van der Waals surface area contributed by atoms with Gasteiger partial charge in [-0.2, -0.15) is 0 Å². The summed E-state index contributed by atoms with van der Waals surface area (Å²) in [5.74, 6) is -2.04. The number of oxazole rings is 1. The number of hydrogen-bond donors (Lipinski definition) is 2. The Kier molecular flexibility index (Phi) is 8.45. The van der Waals surface area contributed by atoms with Crippen LogP contribution in [0.3, 0.4) is 0 Å². The Morgan fingerprint density at radius 3 is 2.50 bits per heavy atom. The van der Waals surface area contributed by atoms with Gasteiger partial charge in [0.2, 0.25) is 5.76 Å². The molecule has 0 saturated carbocycles. The Hall–Kier alpha value is -3.56. The van der Waals surface area contributed by atoms with Gasteiger partial charge in [0.15, 0.2) is 17.9 Å². The third kappa shape index (κ3) is 6.56. The number of likely N-dealkylation sites (tertiary alicyclic amines) is 1. The molecule has 0 spiro atoms. The van der Waals surface area contributed by atoms with Gasteiger partial charge in [-0.05, 0) is 61.8 Å². The van der Waals surface area contributed by atoms with Crippen molar-refractivity contribution < 1.29 is 23.2 Å². The number of halogens is 2. The van der Waals surface area contributed by atoms with E-state index in [0.29, 0.717) is 17.8 Å². The Labute approximate surface area is 212 Å². The van der Waals surface area contributed by atoms with Gasteiger partial charge in [0.25, 0.3) is 11.8 Å². The molecule has 1 fully saturated rings. The fraction of sp³-hybridized carbons (Fsp3) is 0.308. The van der Waals surface area contributed by atoms with Gasteiger partial charge in [-0.3, -0.25) is 14.4 Å². The molecule has 2 amide bonds. The summed E-state index contributed by atoms with van der Waals surface area (Å²) in [6.07, 6.45) is 4.70. The van der Waals surface area contributed by atoms with Crippen molar-refractivity contribution in [1.82, 2.24) is 15.2 Å². The average Bonchev–Trinajstić information content (AvgIpc) is 3.36. The molecule has 2 aromatic carbocycles. The number of nitrogens with one attached hydrogen (secondary N) is 2. The van der Waals surface area contributed by atoms with Crippen molar-refractivity contribution in [1.29, 1.82) is 0 Å². The minimum Gasteiger partial charge on any atom is -0.437 e. The van der Waals surface area contributed by atoms with Gasteiger partial charge in [-0.1, -0.05) is 30.2 Å². The van der Waals surface area contributed by atoms with Crippen molar-refractivity contribution in [2.45, 2.75) is 25.7 Å². The smallest absolute Gasteiger partial charge is 0.293 e. The summed E-state index contributed by atoms with van der Waals surface area (Å²) >= 11 is 5.97. The van der Waals surface area contributed by atoms with Gasteiger partial charge in [-0.15, -0.1) is 0 Å². The first kappa shape index (κ1) is 25.5. The summed E-state index contributed by atoms with van der Waals surface area (Å²) in [4.78, 5) is 43.9. The van der Waals surface area contributed by atoms with E-state index in [1.807, 2.05) is 0 Å². The molecule has 0 radical (unpaired) electrons. The second-order valence-corrected chi connectivity index (χ2v) is 8.97. The Morgan fingerprint density at radius 2 is 1.78 bits per heavy atom. The van der Waals surface area contributed by atoms with E-state index < -0.39 is 17.6 Å². The first-order chi connectivity index (χ1) is 17.4. The second-order valence-electron chi connectivity index (χ2n) is 8.56. The largest absolute Gasteiger partial charge is 0.437 e. The average molecular weight is 513 g/mol. The van der Waals surface area contributed by atoms with E-state index in [1.165, 1.54) is 31.4 Å². The van der Waals surface area contributed by atoms with Crippen molar-refractivity contribution in [3.8, 4) is 0 Å². The lowest BCUT2D eigenvalue weighted by Crippen LogP contribution is -2.38. The summed E-state index contributed by atoms with van der Waals surface area (Å²) in [7, 11) is 0. The molecule has 3 aromatic rings. The first-order valence-electron chi connectivity index (χ1n) is 11.7. The topological polar surface area (TPSA) is 105 Å². The highest BCUT2D eigenvalue weighted by Crippen LogP contribution is 2.20. The Balaban J connectivity index is 1.31. The van der Waals surface area contributed by atoms with Crippen molar-refractivity contribution >= 4 is 34.9 Å². The number of piperidine rings is 1. The third-order valence-corrected chi connectivity index (χ3v) is 6.27. The van der Waals surface area contributed by atoms with E-state index in [9.17, 15) is 18.8 Å². The number of Topliss-reactive ketones (excluding diaryl/α,β-unsaturated/α-hetero) is 1. The number of anilines is 1. The fourth-order valence-electron chi connectivity index (χ4n) is 4.05. The van der Waals surface area contributed by atoms with E-state index in [4.69, 9.17) is 16.0 Å².